The van der Waals surface area contributed by atoms with Crippen LogP contribution in [-0.2, 0) is 42.8 Å². The molecule has 4 aliphatic rings. The van der Waals surface area contributed by atoms with Crippen molar-refractivity contribution in [2.24, 2.45) is 22.5 Å². The van der Waals surface area contributed by atoms with Crippen LogP contribution in [0.25, 0.3) is 0 Å². The van der Waals surface area contributed by atoms with Crippen molar-refractivity contribution >= 4 is 23.7 Å². The first-order chi connectivity index (χ1) is 25.0. The summed E-state index contributed by atoms with van der Waals surface area (Å²) in [6, 6.07) is 15.6. The zero-order valence-electron chi connectivity index (χ0n) is 31.1. The minimum atomic E-state index is -2.14. The molecule has 0 amide bonds. The second-order valence-corrected chi connectivity index (χ2v) is 15.4. The average Bonchev–Trinajstić information content (AvgIpc) is 3.13. The normalized spacial score (nSPS) is 35.6. The van der Waals surface area contributed by atoms with E-state index in [-0.39, 0.29) is 25.0 Å². The molecule has 2 bridgehead atoms. The fraction of sp³-hybridized carbons (Fsp3) is 0.550. The predicted octanol–water partition coefficient (Wildman–Crippen LogP) is 3.00. The molecular weight excluding hydrogens is 686 g/mol. The Morgan fingerprint density at radius 2 is 1.58 bits per heavy atom. The maximum absolute atomic E-state index is 15.4. The first-order valence-corrected chi connectivity index (χ1v) is 17.8. The van der Waals surface area contributed by atoms with Gasteiger partial charge in [-0.25, -0.2) is 9.59 Å². The van der Waals surface area contributed by atoms with Crippen LogP contribution in [0.15, 0.2) is 71.8 Å². The average molecular weight is 736 g/mol. The van der Waals surface area contributed by atoms with E-state index in [1.165, 1.54) is 21.1 Å². The number of hydrogen-bond donors (Lipinski definition) is 3. The smallest absolute Gasteiger partial charge is 0.338 e. The Morgan fingerprint density at radius 3 is 2.13 bits per heavy atom. The molecular formula is C40H49NO12. The van der Waals surface area contributed by atoms with Crippen molar-refractivity contribution in [1.29, 1.82) is 0 Å². The highest BCUT2D eigenvalue weighted by Crippen LogP contribution is 2.64. The Morgan fingerprint density at radius 1 is 0.962 bits per heavy atom. The molecule has 2 aromatic rings. The van der Waals surface area contributed by atoms with Crippen molar-refractivity contribution in [3.8, 4) is 0 Å². The molecule has 4 N–H and O–H groups in total. The van der Waals surface area contributed by atoms with Gasteiger partial charge in [-0.05, 0) is 42.7 Å². The van der Waals surface area contributed by atoms with Crippen LogP contribution >= 0.6 is 0 Å². The van der Waals surface area contributed by atoms with Gasteiger partial charge >= 0.3 is 17.9 Å². The van der Waals surface area contributed by atoms with Gasteiger partial charge in [-0.15, -0.1) is 0 Å². The van der Waals surface area contributed by atoms with Crippen LogP contribution in [0.2, 0.25) is 0 Å². The fourth-order valence-electron chi connectivity index (χ4n) is 9.50. The summed E-state index contributed by atoms with van der Waals surface area (Å²) >= 11 is 0. The molecule has 1 heterocycles. The molecule has 13 heteroatoms. The van der Waals surface area contributed by atoms with E-state index >= 15 is 4.79 Å². The van der Waals surface area contributed by atoms with E-state index in [9.17, 15) is 24.6 Å². The summed E-state index contributed by atoms with van der Waals surface area (Å²) in [6.07, 6.45) is -7.80. The van der Waals surface area contributed by atoms with Crippen molar-refractivity contribution in [2.45, 2.75) is 101 Å². The highest BCUT2D eigenvalue weighted by atomic mass is 16.6. The van der Waals surface area contributed by atoms with Gasteiger partial charge in [0, 0.05) is 39.4 Å². The first-order valence-electron chi connectivity index (χ1n) is 17.8. The van der Waals surface area contributed by atoms with Crippen LogP contribution in [-0.4, -0.2) is 103 Å². The lowest BCUT2D eigenvalue weighted by atomic mass is 9.44. The van der Waals surface area contributed by atoms with Gasteiger partial charge in [-0.3, -0.25) is 9.59 Å². The molecule has 1 aliphatic heterocycles. The molecule has 6 rings (SSSR count). The van der Waals surface area contributed by atoms with E-state index in [0.29, 0.717) is 16.7 Å². The minimum Gasteiger partial charge on any atom is -0.456 e. The second kappa shape index (κ2) is 14.0. The zero-order chi connectivity index (χ0) is 38.7. The SMILES string of the molecule is CO[C@H]1C(=O)[C@@]2(C)C([C@H](OC(=O)c3ccccc3)[C@]3(O)C[C@H](OC(=O)[C@H](O)[C@@H](N)c4ccccc4)C(C)=C1C3(C)C)[C@]1(OC(C)=O)CO[C@@H]1C[C@@H]2OC. The van der Waals surface area contributed by atoms with Gasteiger partial charge in [0.05, 0.1) is 35.6 Å². The van der Waals surface area contributed by atoms with Gasteiger partial charge in [0.15, 0.2) is 17.5 Å². The van der Waals surface area contributed by atoms with Crippen molar-refractivity contribution < 1.29 is 57.8 Å². The quantitative estimate of drug-likeness (QED) is 0.194. The van der Waals surface area contributed by atoms with E-state index in [0.717, 1.165) is 0 Å². The number of benzene rings is 2. The maximum Gasteiger partial charge on any atom is 0.338 e. The van der Waals surface area contributed by atoms with Crippen LogP contribution in [0, 0.1) is 16.7 Å². The lowest BCUT2D eigenvalue weighted by Gasteiger charge is -2.67. The number of ketones is 1. The highest BCUT2D eigenvalue weighted by molar-refractivity contribution is 5.94. The number of rotatable bonds is 9. The summed E-state index contributed by atoms with van der Waals surface area (Å²) in [7, 11) is 2.82. The summed E-state index contributed by atoms with van der Waals surface area (Å²) in [5.41, 5.74) is 0.966. The number of carbonyl (C=O) groups excluding carboxylic acids is 4. The molecule has 3 aliphatic carbocycles. The standard InChI is InChI=1S/C40H49NO12/c1-21-25(51-36(46)30(43)29(41)23-14-10-8-11-15-23)19-40(47)34(52-35(45)24-16-12-9-13-17-24)32-38(5,33(44)31(49-7)28(21)37(40,3)4)26(48-6)18-27-39(32,20-50-27)53-22(2)42/h8-17,25-27,29-32,34,43,47H,18-20,41H2,1-7H3/t25-,26-,27+,29-,30+,31+,32?,34-,38+,39-,40+/m0/s1. The molecule has 1 saturated heterocycles. The number of methoxy groups -OCH3 is 2. The Hall–Kier alpha value is -3.98. The summed E-state index contributed by atoms with van der Waals surface area (Å²) in [6.45, 7) is 7.84. The molecule has 0 aromatic heterocycles. The molecule has 11 atom stereocenters. The molecule has 2 saturated carbocycles. The molecule has 0 radical (unpaired) electrons. The van der Waals surface area contributed by atoms with Gasteiger partial charge in [-0.1, -0.05) is 62.4 Å². The molecule has 0 spiro atoms. The lowest BCUT2D eigenvalue weighted by Crippen LogP contribution is -2.82. The predicted molar refractivity (Wildman–Crippen MR) is 188 cm³/mol. The van der Waals surface area contributed by atoms with Crippen LogP contribution in [0.5, 0.6) is 0 Å². The van der Waals surface area contributed by atoms with Crippen LogP contribution in [0.3, 0.4) is 0 Å². The monoisotopic (exact) mass is 735 g/mol. The number of Topliss-reactive ketones (excluding diaryl/α,β-unsaturated/α-hetero) is 1. The molecule has 53 heavy (non-hydrogen) atoms. The summed E-state index contributed by atoms with van der Waals surface area (Å²) in [4.78, 5) is 56.1. The summed E-state index contributed by atoms with van der Waals surface area (Å²) < 4.78 is 36.6. The number of aliphatic hydroxyl groups excluding tert-OH is 1. The van der Waals surface area contributed by atoms with E-state index in [1.54, 1.807) is 88.4 Å². The maximum atomic E-state index is 15.4. The van der Waals surface area contributed by atoms with E-state index in [4.69, 9.17) is 34.2 Å². The van der Waals surface area contributed by atoms with Gasteiger partial charge in [0.25, 0.3) is 0 Å². The van der Waals surface area contributed by atoms with Crippen LogP contribution in [0.4, 0.5) is 0 Å². The highest BCUT2D eigenvalue weighted by Gasteiger charge is 2.78. The number of esters is 3. The third-order valence-corrected chi connectivity index (χ3v) is 12.4. The van der Waals surface area contributed by atoms with Gasteiger partial charge in [0.1, 0.15) is 30.0 Å². The van der Waals surface area contributed by atoms with Gasteiger partial charge in [-0.2, -0.15) is 0 Å². The first kappa shape index (κ1) is 38.7. The number of ether oxygens (including phenoxy) is 6. The van der Waals surface area contributed by atoms with Crippen LogP contribution in [0.1, 0.15) is 69.4 Å². The Balaban J connectivity index is 1.56. The van der Waals surface area contributed by atoms with Crippen molar-refractivity contribution in [3.05, 3.63) is 82.9 Å². The van der Waals surface area contributed by atoms with Gasteiger partial charge < -0.3 is 44.4 Å². The number of nitrogens with two attached hydrogens (primary N) is 1. The molecule has 13 nitrogen and oxygen atoms in total. The van der Waals surface area contributed by atoms with Crippen molar-refractivity contribution in [3.63, 3.8) is 0 Å². The van der Waals surface area contributed by atoms with Gasteiger partial charge in [0.2, 0.25) is 0 Å². The Kier molecular flexibility index (Phi) is 10.2. The largest absolute Gasteiger partial charge is 0.456 e. The summed E-state index contributed by atoms with van der Waals surface area (Å²) in [5, 5.41) is 24.6. The number of hydrogen-bond acceptors (Lipinski definition) is 13. The zero-order valence-corrected chi connectivity index (χ0v) is 31.1. The van der Waals surface area contributed by atoms with E-state index in [2.05, 4.69) is 0 Å². The van der Waals surface area contributed by atoms with Crippen molar-refractivity contribution in [1.82, 2.24) is 0 Å². The number of carbonyl (C=O) groups is 4. The third kappa shape index (κ3) is 5.92. The molecule has 286 valence electrons. The van der Waals surface area contributed by atoms with Crippen molar-refractivity contribution in [2.75, 3.05) is 20.8 Å². The minimum absolute atomic E-state index is 0.151. The Bertz CT molecular complexity index is 1780. The molecule has 1 unspecified atom stereocenters. The third-order valence-electron chi connectivity index (χ3n) is 12.4. The van der Waals surface area contributed by atoms with E-state index in [1.807, 2.05) is 0 Å². The molecule has 2 aromatic carbocycles. The molecule has 3 fully saturated rings. The number of fused-ring (bicyclic) bond motifs is 5. The summed E-state index contributed by atoms with van der Waals surface area (Å²) in [5.74, 6) is -4.26. The number of aliphatic hydroxyl groups is 2. The lowest BCUT2D eigenvalue weighted by molar-refractivity contribution is -0.347. The van der Waals surface area contributed by atoms with Crippen LogP contribution < -0.4 is 5.73 Å². The van der Waals surface area contributed by atoms with E-state index < -0.39 is 94.3 Å². The second-order valence-electron chi connectivity index (χ2n) is 15.4. The fourth-order valence-corrected chi connectivity index (χ4v) is 9.50. The Labute approximate surface area is 308 Å². The topological polar surface area (TPSA) is 190 Å².